The Kier molecular flexibility index (Phi) is 4.52. The van der Waals surface area contributed by atoms with Gasteiger partial charge >= 0.3 is 0 Å². The minimum atomic E-state index is 0.0693. The zero-order chi connectivity index (χ0) is 13.7. The van der Waals surface area contributed by atoms with Crippen LogP contribution in [0.25, 0.3) is 0 Å². The van der Waals surface area contributed by atoms with Crippen LogP contribution >= 0.6 is 11.3 Å². The van der Waals surface area contributed by atoms with Gasteiger partial charge in [0.2, 0.25) is 0 Å². The Balaban J connectivity index is 1.83. The van der Waals surface area contributed by atoms with E-state index in [-0.39, 0.29) is 5.84 Å². The van der Waals surface area contributed by atoms with E-state index in [1.54, 1.807) is 6.20 Å². The smallest absolute Gasteiger partial charge is 0.134 e. The van der Waals surface area contributed by atoms with E-state index in [1.807, 2.05) is 12.1 Å². The lowest BCUT2D eigenvalue weighted by Crippen LogP contribution is -2.08. The average Bonchev–Trinajstić information content (AvgIpc) is 2.89. The largest absolute Gasteiger partial charge is 0.493 e. The summed E-state index contributed by atoms with van der Waals surface area (Å²) in [4.78, 5) is 4.92. The van der Waals surface area contributed by atoms with Crippen LogP contribution in [0.1, 0.15) is 22.4 Å². The standard InChI is InChI=1S/C14H17N3OS/c1-2-10-3-5-11(6-4-10)18-8-7-13-17-9-12(19-13)14(15)16/h3-6,9H,2,7-8H2,1H3,(H3,15,16). The highest BCUT2D eigenvalue weighted by atomic mass is 32.1. The molecule has 0 aliphatic heterocycles. The number of benzene rings is 1. The third-order valence-electron chi connectivity index (χ3n) is 2.74. The molecule has 100 valence electrons. The maximum atomic E-state index is 7.32. The van der Waals surface area contributed by atoms with Crippen LogP contribution in [0.3, 0.4) is 0 Å². The molecule has 0 radical (unpaired) electrons. The second-order valence-electron chi connectivity index (χ2n) is 4.13. The number of nitrogen functional groups attached to an aromatic ring is 1. The highest BCUT2D eigenvalue weighted by Gasteiger charge is 2.04. The maximum absolute atomic E-state index is 7.32. The minimum absolute atomic E-state index is 0.0693. The predicted octanol–water partition coefficient (Wildman–Crippen LogP) is 2.61. The molecule has 0 atom stereocenters. The van der Waals surface area contributed by atoms with Gasteiger partial charge in [-0.25, -0.2) is 4.98 Å². The van der Waals surface area contributed by atoms with Crippen LogP contribution in [-0.2, 0) is 12.8 Å². The van der Waals surface area contributed by atoms with Gasteiger partial charge in [0.15, 0.2) is 0 Å². The summed E-state index contributed by atoms with van der Waals surface area (Å²) in [6.45, 7) is 2.71. The molecule has 0 saturated heterocycles. The Bertz CT molecular complexity index is 548. The van der Waals surface area contributed by atoms with Gasteiger partial charge in [-0.1, -0.05) is 19.1 Å². The van der Waals surface area contributed by atoms with Crippen LogP contribution in [0.5, 0.6) is 5.75 Å². The van der Waals surface area contributed by atoms with Crippen LogP contribution < -0.4 is 10.5 Å². The van der Waals surface area contributed by atoms with Gasteiger partial charge in [0.25, 0.3) is 0 Å². The molecule has 2 aromatic rings. The topological polar surface area (TPSA) is 72.0 Å². The molecular weight excluding hydrogens is 258 g/mol. The summed E-state index contributed by atoms with van der Waals surface area (Å²) < 4.78 is 5.66. The Hall–Kier alpha value is -1.88. The summed E-state index contributed by atoms with van der Waals surface area (Å²) in [6, 6.07) is 8.13. The van der Waals surface area contributed by atoms with Gasteiger partial charge in [0.1, 0.15) is 11.6 Å². The quantitative estimate of drug-likeness (QED) is 0.628. The molecule has 0 saturated carbocycles. The van der Waals surface area contributed by atoms with Crippen molar-refractivity contribution in [3.8, 4) is 5.75 Å². The summed E-state index contributed by atoms with van der Waals surface area (Å²) in [5.74, 6) is 0.945. The molecule has 0 aliphatic carbocycles. The van der Waals surface area contributed by atoms with Crippen molar-refractivity contribution in [1.82, 2.24) is 4.98 Å². The van der Waals surface area contributed by atoms with E-state index in [9.17, 15) is 0 Å². The molecule has 19 heavy (non-hydrogen) atoms. The summed E-state index contributed by atoms with van der Waals surface area (Å²) >= 11 is 1.44. The van der Waals surface area contributed by atoms with Crippen LogP contribution in [0.4, 0.5) is 0 Å². The van der Waals surface area contributed by atoms with Gasteiger partial charge in [0.05, 0.1) is 16.5 Å². The van der Waals surface area contributed by atoms with Gasteiger partial charge in [0, 0.05) is 12.6 Å². The van der Waals surface area contributed by atoms with Gasteiger partial charge in [-0.2, -0.15) is 0 Å². The fourth-order valence-corrected chi connectivity index (χ4v) is 2.39. The molecule has 0 unspecified atom stereocenters. The van der Waals surface area contributed by atoms with Crippen molar-refractivity contribution in [2.45, 2.75) is 19.8 Å². The number of hydrogen-bond acceptors (Lipinski definition) is 4. The van der Waals surface area contributed by atoms with Crippen LogP contribution in [0.15, 0.2) is 30.5 Å². The van der Waals surface area contributed by atoms with Gasteiger partial charge in [-0.15, -0.1) is 11.3 Å². The summed E-state index contributed by atoms with van der Waals surface area (Å²) in [5, 5.41) is 8.26. The van der Waals surface area contributed by atoms with Crippen molar-refractivity contribution in [3.63, 3.8) is 0 Å². The molecule has 0 aliphatic rings. The minimum Gasteiger partial charge on any atom is -0.493 e. The molecule has 4 nitrogen and oxygen atoms in total. The van der Waals surface area contributed by atoms with E-state index in [4.69, 9.17) is 15.9 Å². The van der Waals surface area contributed by atoms with Crippen molar-refractivity contribution in [1.29, 1.82) is 5.41 Å². The fraction of sp³-hybridized carbons (Fsp3) is 0.286. The second kappa shape index (κ2) is 6.33. The van der Waals surface area contributed by atoms with Crippen molar-refractivity contribution in [2.24, 2.45) is 5.73 Å². The molecule has 0 bridgehead atoms. The molecule has 0 fully saturated rings. The number of ether oxygens (including phenoxy) is 1. The highest BCUT2D eigenvalue weighted by molar-refractivity contribution is 7.13. The Morgan fingerprint density at radius 2 is 2.11 bits per heavy atom. The number of nitrogens with one attached hydrogen (secondary N) is 1. The van der Waals surface area contributed by atoms with E-state index >= 15 is 0 Å². The van der Waals surface area contributed by atoms with Crippen molar-refractivity contribution in [3.05, 3.63) is 45.9 Å². The third-order valence-corrected chi connectivity index (χ3v) is 3.83. The van der Waals surface area contributed by atoms with Crippen molar-refractivity contribution >= 4 is 17.2 Å². The number of nitrogens with two attached hydrogens (primary N) is 1. The molecule has 1 heterocycles. The number of amidine groups is 1. The summed E-state index contributed by atoms with van der Waals surface area (Å²) in [5.41, 5.74) is 6.70. The normalized spacial score (nSPS) is 10.4. The lowest BCUT2D eigenvalue weighted by Gasteiger charge is -2.05. The first-order chi connectivity index (χ1) is 9.19. The molecule has 2 rings (SSSR count). The lowest BCUT2D eigenvalue weighted by atomic mass is 10.2. The molecule has 0 amide bonds. The van der Waals surface area contributed by atoms with E-state index < -0.39 is 0 Å². The molecule has 3 N–H and O–H groups in total. The number of thiazole rings is 1. The number of aromatic nitrogens is 1. The lowest BCUT2D eigenvalue weighted by molar-refractivity contribution is 0.321. The summed E-state index contributed by atoms with van der Waals surface area (Å²) in [6.07, 6.45) is 3.40. The number of nitrogens with zero attached hydrogens (tertiary/aromatic N) is 1. The van der Waals surface area contributed by atoms with E-state index in [0.717, 1.165) is 23.6 Å². The van der Waals surface area contributed by atoms with Crippen LogP contribution in [-0.4, -0.2) is 17.4 Å². The number of aryl methyl sites for hydroxylation is 1. The van der Waals surface area contributed by atoms with Gasteiger partial charge < -0.3 is 10.5 Å². The van der Waals surface area contributed by atoms with Crippen LogP contribution in [0, 0.1) is 5.41 Å². The second-order valence-corrected chi connectivity index (χ2v) is 5.24. The maximum Gasteiger partial charge on any atom is 0.134 e. The Labute approximate surface area is 116 Å². The first kappa shape index (κ1) is 13.5. The van der Waals surface area contributed by atoms with Crippen molar-refractivity contribution in [2.75, 3.05) is 6.61 Å². The molecular formula is C14H17N3OS. The first-order valence-corrected chi connectivity index (χ1v) is 7.01. The Morgan fingerprint density at radius 1 is 1.37 bits per heavy atom. The number of hydrogen-bond donors (Lipinski definition) is 2. The number of rotatable bonds is 6. The van der Waals surface area contributed by atoms with Crippen molar-refractivity contribution < 1.29 is 4.74 Å². The SMILES string of the molecule is CCc1ccc(OCCc2ncc(C(=N)N)s2)cc1. The van der Waals surface area contributed by atoms with E-state index in [1.165, 1.54) is 16.9 Å². The van der Waals surface area contributed by atoms with Crippen LogP contribution in [0.2, 0.25) is 0 Å². The first-order valence-electron chi connectivity index (χ1n) is 6.20. The van der Waals surface area contributed by atoms with Gasteiger partial charge in [-0.3, -0.25) is 5.41 Å². The average molecular weight is 275 g/mol. The summed E-state index contributed by atoms with van der Waals surface area (Å²) in [7, 11) is 0. The predicted molar refractivity (Wildman–Crippen MR) is 78.1 cm³/mol. The Morgan fingerprint density at radius 3 is 2.68 bits per heavy atom. The zero-order valence-corrected chi connectivity index (χ0v) is 11.7. The molecule has 5 heteroatoms. The third kappa shape index (κ3) is 3.79. The van der Waals surface area contributed by atoms with E-state index in [2.05, 4.69) is 24.0 Å². The highest BCUT2D eigenvalue weighted by Crippen LogP contribution is 2.15. The fourth-order valence-electron chi connectivity index (χ4n) is 1.63. The molecule has 0 spiro atoms. The van der Waals surface area contributed by atoms with E-state index in [0.29, 0.717) is 11.5 Å². The molecule has 1 aromatic heterocycles. The monoisotopic (exact) mass is 275 g/mol. The zero-order valence-electron chi connectivity index (χ0n) is 10.8. The molecule has 1 aromatic carbocycles. The van der Waals surface area contributed by atoms with Gasteiger partial charge in [-0.05, 0) is 24.1 Å².